The fraction of sp³-hybridized carbons (Fsp3) is 0.533. The molecule has 1 fully saturated rings. The molecule has 1 aliphatic carbocycles. The highest BCUT2D eigenvalue weighted by Crippen LogP contribution is 2.41. The molecule has 0 radical (unpaired) electrons. The molecule has 2 aromatic rings. The Kier molecular flexibility index (Phi) is 3.54. The summed E-state index contributed by atoms with van der Waals surface area (Å²) in [6.45, 7) is 2.27. The van der Waals surface area contributed by atoms with E-state index in [1.165, 1.54) is 24.0 Å². The van der Waals surface area contributed by atoms with Crippen LogP contribution in [0.25, 0.3) is 10.2 Å². The van der Waals surface area contributed by atoms with Crippen LogP contribution in [0.1, 0.15) is 44.0 Å². The minimum Gasteiger partial charge on any atom is -0.319 e. The summed E-state index contributed by atoms with van der Waals surface area (Å²) >= 11 is 7.75. The number of nitrogens with two attached hydrogens (primary N) is 1. The summed E-state index contributed by atoms with van der Waals surface area (Å²) in [5.74, 6) is 0.848. The third kappa shape index (κ3) is 2.51. The maximum atomic E-state index is 6.61. The maximum Gasteiger partial charge on any atom is 0.114 e. The monoisotopic (exact) mass is 294 g/mol. The van der Waals surface area contributed by atoms with Gasteiger partial charge in [-0.25, -0.2) is 4.98 Å². The van der Waals surface area contributed by atoms with Gasteiger partial charge >= 0.3 is 0 Å². The summed E-state index contributed by atoms with van der Waals surface area (Å²) in [6.07, 6.45) is 5.83. The van der Waals surface area contributed by atoms with E-state index in [-0.39, 0.29) is 5.54 Å². The van der Waals surface area contributed by atoms with Gasteiger partial charge in [0.05, 0.1) is 15.8 Å². The molecule has 0 aliphatic heterocycles. The van der Waals surface area contributed by atoms with Crippen LogP contribution in [0, 0.1) is 5.92 Å². The van der Waals surface area contributed by atoms with Gasteiger partial charge < -0.3 is 5.73 Å². The summed E-state index contributed by atoms with van der Waals surface area (Å²) in [5.41, 5.74) is 7.38. The second-order valence-electron chi connectivity index (χ2n) is 5.64. The quantitative estimate of drug-likeness (QED) is 0.871. The van der Waals surface area contributed by atoms with Crippen molar-refractivity contribution in [3.63, 3.8) is 0 Å². The average molecular weight is 295 g/mol. The SMILES string of the molecule is CCC1CCC(N)(c2nc3cc(Cl)ccc3s2)CC1. The lowest BCUT2D eigenvalue weighted by atomic mass is 9.76. The Bertz CT molecular complexity index is 585. The normalized spacial score (nSPS) is 27.8. The average Bonchev–Trinajstić information content (AvgIpc) is 2.83. The lowest BCUT2D eigenvalue weighted by Crippen LogP contribution is -2.40. The molecule has 0 unspecified atom stereocenters. The van der Waals surface area contributed by atoms with Crippen molar-refractivity contribution in [1.29, 1.82) is 0 Å². The van der Waals surface area contributed by atoms with Crippen LogP contribution in [0.2, 0.25) is 5.02 Å². The molecule has 1 aromatic carbocycles. The molecule has 2 N–H and O–H groups in total. The summed E-state index contributed by atoms with van der Waals surface area (Å²) in [4.78, 5) is 4.73. The van der Waals surface area contributed by atoms with Gasteiger partial charge in [-0.3, -0.25) is 0 Å². The number of hydrogen-bond donors (Lipinski definition) is 1. The van der Waals surface area contributed by atoms with Crippen LogP contribution in [0.3, 0.4) is 0 Å². The first-order valence-corrected chi connectivity index (χ1v) is 8.15. The standard InChI is InChI=1S/C15H19ClN2S/c1-2-10-5-7-15(17,8-6-10)14-18-12-9-11(16)3-4-13(12)19-14/h3-4,9-10H,2,5-8,17H2,1H3. The summed E-state index contributed by atoms with van der Waals surface area (Å²) < 4.78 is 1.18. The number of fused-ring (bicyclic) bond motifs is 1. The zero-order valence-corrected chi connectivity index (χ0v) is 12.7. The fourth-order valence-electron chi connectivity index (χ4n) is 2.93. The summed E-state index contributed by atoms with van der Waals surface area (Å²) in [7, 11) is 0. The Morgan fingerprint density at radius 3 is 2.84 bits per heavy atom. The van der Waals surface area contributed by atoms with Gasteiger partial charge in [-0.1, -0.05) is 24.9 Å². The molecule has 1 aromatic heterocycles. The van der Waals surface area contributed by atoms with E-state index in [9.17, 15) is 0 Å². The van der Waals surface area contributed by atoms with Crippen molar-refractivity contribution in [2.24, 2.45) is 11.7 Å². The summed E-state index contributed by atoms with van der Waals surface area (Å²) in [5, 5.41) is 1.82. The fourth-order valence-corrected chi connectivity index (χ4v) is 4.20. The number of rotatable bonds is 2. The van der Waals surface area contributed by atoms with Gasteiger partial charge in [0.25, 0.3) is 0 Å². The van der Waals surface area contributed by atoms with Crippen molar-refractivity contribution in [3.8, 4) is 0 Å². The van der Waals surface area contributed by atoms with Crippen LogP contribution in [-0.2, 0) is 5.54 Å². The highest BCUT2D eigenvalue weighted by atomic mass is 35.5. The van der Waals surface area contributed by atoms with Crippen molar-refractivity contribution in [3.05, 3.63) is 28.2 Å². The van der Waals surface area contributed by atoms with Gasteiger partial charge in [0.15, 0.2) is 0 Å². The number of halogens is 1. The van der Waals surface area contributed by atoms with Gasteiger partial charge in [0.2, 0.25) is 0 Å². The molecule has 4 heteroatoms. The molecule has 0 bridgehead atoms. The van der Waals surface area contributed by atoms with Crippen molar-refractivity contribution < 1.29 is 0 Å². The Balaban J connectivity index is 1.91. The van der Waals surface area contributed by atoms with Crippen molar-refractivity contribution in [2.45, 2.75) is 44.6 Å². The smallest absolute Gasteiger partial charge is 0.114 e. The molecule has 1 heterocycles. The highest BCUT2D eigenvalue weighted by molar-refractivity contribution is 7.18. The number of thiazole rings is 1. The van der Waals surface area contributed by atoms with Crippen molar-refractivity contribution >= 4 is 33.2 Å². The highest BCUT2D eigenvalue weighted by Gasteiger charge is 2.35. The first-order chi connectivity index (χ1) is 9.10. The topological polar surface area (TPSA) is 38.9 Å². The van der Waals surface area contributed by atoms with E-state index >= 15 is 0 Å². The molecule has 2 nitrogen and oxygen atoms in total. The Hall–Kier alpha value is -0.640. The molecule has 3 rings (SSSR count). The minimum absolute atomic E-state index is 0.220. The Morgan fingerprint density at radius 2 is 2.16 bits per heavy atom. The molecule has 19 heavy (non-hydrogen) atoms. The van der Waals surface area contributed by atoms with E-state index in [4.69, 9.17) is 22.3 Å². The van der Waals surface area contributed by atoms with Gasteiger partial charge in [0, 0.05) is 5.02 Å². The second-order valence-corrected chi connectivity index (χ2v) is 7.11. The molecule has 0 saturated heterocycles. The molecular weight excluding hydrogens is 276 g/mol. The Morgan fingerprint density at radius 1 is 1.42 bits per heavy atom. The molecular formula is C15H19ClN2S. The predicted octanol–water partition coefficient (Wildman–Crippen LogP) is 4.70. The number of hydrogen-bond acceptors (Lipinski definition) is 3. The Labute approximate surface area is 123 Å². The molecule has 1 aliphatic rings. The van der Waals surface area contributed by atoms with Crippen molar-refractivity contribution in [2.75, 3.05) is 0 Å². The van der Waals surface area contributed by atoms with Crippen LogP contribution >= 0.6 is 22.9 Å². The minimum atomic E-state index is -0.220. The number of nitrogens with zero attached hydrogens (tertiary/aromatic N) is 1. The first-order valence-electron chi connectivity index (χ1n) is 6.96. The van der Waals surface area contributed by atoms with Crippen molar-refractivity contribution in [1.82, 2.24) is 4.98 Å². The molecule has 102 valence electrons. The number of aromatic nitrogens is 1. The third-order valence-electron chi connectivity index (χ3n) is 4.35. The van der Waals surface area contributed by atoms with E-state index in [0.717, 1.165) is 34.3 Å². The number of benzene rings is 1. The molecule has 0 atom stereocenters. The lowest BCUT2D eigenvalue weighted by molar-refractivity contribution is 0.231. The van der Waals surface area contributed by atoms with Gasteiger partial charge in [0.1, 0.15) is 5.01 Å². The van der Waals surface area contributed by atoms with E-state index in [2.05, 4.69) is 6.92 Å². The first kappa shape index (κ1) is 13.3. The van der Waals surface area contributed by atoms with E-state index in [1.807, 2.05) is 18.2 Å². The maximum absolute atomic E-state index is 6.61. The van der Waals surface area contributed by atoms with Gasteiger partial charge in [-0.15, -0.1) is 11.3 Å². The lowest BCUT2D eigenvalue weighted by Gasteiger charge is -2.35. The second kappa shape index (κ2) is 5.04. The largest absolute Gasteiger partial charge is 0.319 e. The van der Waals surface area contributed by atoms with E-state index < -0.39 is 0 Å². The molecule has 1 saturated carbocycles. The van der Waals surface area contributed by atoms with E-state index in [0.29, 0.717) is 0 Å². The van der Waals surface area contributed by atoms with Crippen LogP contribution < -0.4 is 5.73 Å². The van der Waals surface area contributed by atoms with Gasteiger partial charge in [-0.05, 0) is 49.8 Å². The molecule has 0 spiro atoms. The molecule has 0 amide bonds. The third-order valence-corrected chi connectivity index (χ3v) is 5.84. The zero-order chi connectivity index (χ0) is 13.5. The summed E-state index contributed by atoms with van der Waals surface area (Å²) in [6, 6.07) is 5.89. The van der Waals surface area contributed by atoms with Crippen LogP contribution in [-0.4, -0.2) is 4.98 Å². The predicted molar refractivity (Wildman–Crippen MR) is 82.7 cm³/mol. The van der Waals surface area contributed by atoms with Crippen LogP contribution in [0.4, 0.5) is 0 Å². The van der Waals surface area contributed by atoms with Gasteiger partial charge in [-0.2, -0.15) is 0 Å². The van der Waals surface area contributed by atoms with Crippen LogP contribution in [0.15, 0.2) is 18.2 Å². The van der Waals surface area contributed by atoms with E-state index in [1.54, 1.807) is 11.3 Å². The zero-order valence-electron chi connectivity index (χ0n) is 11.2. The van der Waals surface area contributed by atoms with Crippen LogP contribution in [0.5, 0.6) is 0 Å².